The molecule has 0 spiro atoms. The Morgan fingerprint density at radius 1 is 1.46 bits per heavy atom. The molecule has 0 aliphatic carbocycles. The highest BCUT2D eigenvalue weighted by atomic mass is 79.9. The maximum atomic E-state index is 13.0. The molecular weight excluding hydrogens is 265 g/mol. The number of carbonyl (C=O) groups is 1. The molecule has 0 N–H and O–H groups in total. The van der Waals surface area contributed by atoms with Crippen LogP contribution < -0.4 is 0 Å². The van der Waals surface area contributed by atoms with Crippen LogP contribution in [0.5, 0.6) is 0 Å². The summed E-state index contributed by atoms with van der Waals surface area (Å²) in [6, 6.07) is 5.29. The Balaban J connectivity index is 3.14. The van der Waals surface area contributed by atoms with Crippen LogP contribution in [-0.2, 0) is 10.7 Å². The number of benzene rings is 1. The molecular formula is C8H4BrClF2O. The van der Waals surface area contributed by atoms with Crippen molar-refractivity contribution in [1.82, 2.24) is 0 Å². The van der Waals surface area contributed by atoms with E-state index in [0.717, 1.165) is 12.1 Å². The lowest BCUT2D eigenvalue weighted by molar-refractivity contribution is -0.135. The summed E-state index contributed by atoms with van der Waals surface area (Å²) >= 11 is 7.77. The molecule has 0 atom stereocenters. The van der Waals surface area contributed by atoms with Gasteiger partial charge in [-0.3, -0.25) is 4.79 Å². The summed E-state index contributed by atoms with van der Waals surface area (Å²) in [5.41, 5.74) is -0.415. The molecule has 13 heavy (non-hydrogen) atoms. The molecule has 0 saturated carbocycles. The highest BCUT2D eigenvalue weighted by Crippen LogP contribution is 2.31. The van der Waals surface area contributed by atoms with E-state index in [2.05, 4.69) is 15.9 Å². The molecule has 0 unspecified atom stereocenters. The lowest BCUT2D eigenvalue weighted by Gasteiger charge is -2.11. The van der Waals surface area contributed by atoms with Gasteiger partial charge in [-0.05, 0) is 23.7 Å². The van der Waals surface area contributed by atoms with Gasteiger partial charge in [-0.15, -0.1) is 0 Å². The minimum Gasteiger partial charge on any atom is -0.274 e. The number of hydrogen-bond acceptors (Lipinski definition) is 1. The number of halogens is 4. The molecule has 0 bridgehead atoms. The fourth-order valence-corrected chi connectivity index (χ4v) is 1.31. The van der Waals surface area contributed by atoms with E-state index in [1.807, 2.05) is 0 Å². The second kappa shape index (κ2) is 3.72. The van der Waals surface area contributed by atoms with Gasteiger partial charge in [-0.2, -0.15) is 8.78 Å². The Hall–Kier alpha value is -0.480. The molecule has 0 aliphatic heterocycles. The van der Waals surface area contributed by atoms with Gasteiger partial charge in [0, 0.05) is 10.0 Å². The van der Waals surface area contributed by atoms with E-state index in [-0.39, 0.29) is 0 Å². The van der Waals surface area contributed by atoms with Gasteiger partial charge in [0.2, 0.25) is 0 Å². The predicted octanol–water partition coefficient (Wildman–Crippen LogP) is 3.31. The Morgan fingerprint density at radius 2 is 2.08 bits per heavy atom. The first-order valence-electron chi connectivity index (χ1n) is 3.28. The SMILES string of the molecule is O=C(Cl)C(F)(F)c1cccc(Br)c1. The van der Waals surface area contributed by atoms with Crippen LogP contribution in [0.25, 0.3) is 0 Å². The van der Waals surface area contributed by atoms with Crippen LogP contribution in [0.15, 0.2) is 28.7 Å². The second-order valence-electron chi connectivity index (χ2n) is 2.36. The standard InChI is InChI=1S/C8H4BrClF2O/c9-6-3-1-2-5(4-6)8(11,12)7(10)13/h1-4H. The molecule has 1 aromatic rings. The van der Waals surface area contributed by atoms with E-state index in [1.165, 1.54) is 6.07 Å². The van der Waals surface area contributed by atoms with Gasteiger partial charge in [-0.1, -0.05) is 28.1 Å². The van der Waals surface area contributed by atoms with Crippen LogP contribution >= 0.6 is 27.5 Å². The third kappa shape index (κ3) is 2.25. The molecule has 1 aromatic carbocycles. The molecule has 70 valence electrons. The first-order chi connectivity index (χ1) is 5.94. The average Bonchev–Trinajstić information content (AvgIpc) is 2.04. The molecule has 0 radical (unpaired) electrons. The second-order valence-corrected chi connectivity index (χ2v) is 3.62. The Kier molecular flexibility index (Phi) is 3.03. The number of carbonyl (C=O) groups excluding carboxylic acids is 1. The number of alkyl halides is 2. The third-order valence-electron chi connectivity index (χ3n) is 1.43. The molecule has 1 rings (SSSR count). The van der Waals surface area contributed by atoms with Gasteiger partial charge in [0.15, 0.2) is 0 Å². The first-order valence-corrected chi connectivity index (χ1v) is 4.45. The summed E-state index contributed by atoms with van der Waals surface area (Å²) in [6.45, 7) is 0. The fraction of sp³-hybridized carbons (Fsp3) is 0.125. The van der Waals surface area contributed by atoms with E-state index in [1.54, 1.807) is 6.07 Å². The summed E-state index contributed by atoms with van der Waals surface area (Å²) in [7, 11) is 0. The summed E-state index contributed by atoms with van der Waals surface area (Å²) in [5.74, 6) is -3.62. The molecule has 1 nitrogen and oxygen atoms in total. The molecule has 0 amide bonds. The van der Waals surface area contributed by atoms with Crippen LogP contribution in [0.2, 0.25) is 0 Å². The summed E-state index contributed by atoms with van der Waals surface area (Å²) < 4.78 is 26.4. The van der Waals surface area contributed by atoms with Gasteiger partial charge in [-0.25, -0.2) is 0 Å². The highest BCUT2D eigenvalue weighted by molar-refractivity contribution is 9.10. The van der Waals surface area contributed by atoms with Crippen molar-refractivity contribution in [3.8, 4) is 0 Å². The fourth-order valence-electron chi connectivity index (χ4n) is 0.797. The molecule has 0 fully saturated rings. The van der Waals surface area contributed by atoms with E-state index >= 15 is 0 Å². The predicted molar refractivity (Wildman–Crippen MR) is 48.9 cm³/mol. The van der Waals surface area contributed by atoms with Crippen molar-refractivity contribution in [3.63, 3.8) is 0 Å². The molecule has 0 heterocycles. The monoisotopic (exact) mass is 268 g/mol. The van der Waals surface area contributed by atoms with Crippen LogP contribution in [0.3, 0.4) is 0 Å². The maximum absolute atomic E-state index is 13.0. The van der Waals surface area contributed by atoms with E-state index in [0.29, 0.717) is 4.47 Å². The van der Waals surface area contributed by atoms with Crippen molar-refractivity contribution >= 4 is 32.8 Å². The van der Waals surface area contributed by atoms with Crippen LogP contribution in [0, 0.1) is 0 Å². The van der Waals surface area contributed by atoms with Gasteiger partial charge in [0.25, 0.3) is 5.24 Å². The summed E-state index contributed by atoms with van der Waals surface area (Å²) in [6.07, 6.45) is 0. The largest absolute Gasteiger partial charge is 0.345 e. The molecule has 5 heteroatoms. The smallest absolute Gasteiger partial charge is 0.274 e. The van der Waals surface area contributed by atoms with Crippen molar-refractivity contribution in [3.05, 3.63) is 34.3 Å². The minimum absolute atomic E-state index is 0.415. The van der Waals surface area contributed by atoms with Gasteiger partial charge in [0.1, 0.15) is 0 Å². The quantitative estimate of drug-likeness (QED) is 0.753. The Morgan fingerprint density at radius 3 is 2.54 bits per heavy atom. The molecule has 0 aliphatic rings. The van der Waals surface area contributed by atoms with Gasteiger partial charge >= 0.3 is 5.92 Å². The van der Waals surface area contributed by atoms with Crippen LogP contribution in [0.4, 0.5) is 8.78 Å². The third-order valence-corrected chi connectivity index (χ3v) is 2.16. The van der Waals surface area contributed by atoms with Crippen LogP contribution in [0.1, 0.15) is 5.56 Å². The van der Waals surface area contributed by atoms with E-state index < -0.39 is 16.7 Å². The zero-order chi connectivity index (χ0) is 10.1. The lowest BCUT2D eigenvalue weighted by Crippen LogP contribution is -2.21. The number of hydrogen-bond donors (Lipinski definition) is 0. The zero-order valence-corrected chi connectivity index (χ0v) is 8.57. The van der Waals surface area contributed by atoms with E-state index in [9.17, 15) is 13.6 Å². The van der Waals surface area contributed by atoms with Crippen molar-refractivity contribution < 1.29 is 13.6 Å². The number of rotatable bonds is 2. The van der Waals surface area contributed by atoms with Gasteiger partial charge in [0.05, 0.1) is 0 Å². The summed E-state index contributed by atoms with van der Waals surface area (Å²) in [5, 5.41) is -1.68. The molecule has 0 saturated heterocycles. The van der Waals surface area contributed by atoms with E-state index in [4.69, 9.17) is 11.6 Å². The van der Waals surface area contributed by atoms with Crippen LogP contribution in [-0.4, -0.2) is 5.24 Å². The van der Waals surface area contributed by atoms with Crippen molar-refractivity contribution in [1.29, 1.82) is 0 Å². The van der Waals surface area contributed by atoms with Crippen molar-refractivity contribution in [2.24, 2.45) is 0 Å². The highest BCUT2D eigenvalue weighted by Gasteiger charge is 2.39. The summed E-state index contributed by atoms with van der Waals surface area (Å²) in [4.78, 5) is 10.4. The Labute approximate surface area is 86.8 Å². The lowest BCUT2D eigenvalue weighted by atomic mass is 10.1. The van der Waals surface area contributed by atoms with Gasteiger partial charge < -0.3 is 0 Å². The topological polar surface area (TPSA) is 17.1 Å². The van der Waals surface area contributed by atoms with Crippen molar-refractivity contribution in [2.45, 2.75) is 5.92 Å². The average molecular weight is 269 g/mol. The minimum atomic E-state index is -3.62. The maximum Gasteiger partial charge on any atom is 0.345 e. The zero-order valence-electron chi connectivity index (χ0n) is 6.23. The van der Waals surface area contributed by atoms with Crippen molar-refractivity contribution in [2.75, 3.05) is 0 Å². The normalized spacial score (nSPS) is 11.4. The molecule has 0 aromatic heterocycles. The first kappa shape index (κ1) is 10.6. The Bertz CT molecular complexity index is 341.